The van der Waals surface area contributed by atoms with Gasteiger partial charge in [-0.25, -0.2) is 4.85 Å². The van der Waals surface area contributed by atoms with Gasteiger partial charge in [0.15, 0.2) is 5.69 Å². The van der Waals surface area contributed by atoms with E-state index >= 15 is 0 Å². The normalized spacial score (nSPS) is 8.87. The number of amides is 1. The summed E-state index contributed by atoms with van der Waals surface area (Å²) in [5, 5.41) is 2.71. The maximum Gasteiger partial charge on any atom is 0.248 e. The molecular weight excluding hydrogens is 188 g/mol. The van der Waals surface area contributed by atoms with Crippen LogP contribution in [0.15, 0.2) is 35.9 Å². The summed E-state index contributed by atoms with van der Waals surface area (Å²) in [5.74, 6) is -0.148. The minimum absolute atomic E-state index is 0.148. The van der Waals surface area contributed by atoms with E-state index in [2.05, 4.69) is 10.2 Å². The van der Waals surface area contributed by atoms with Crippen molar-refractivity contribution in [2.24, 2.45) is 0 Å². The van der Waals surface area contributed by atoms with Crippen LogP contribution in [-0.2, 0) is 4.79 Å². The minimum Gasteiger partial charge on any atom is -0.323 e. The number of benzene rings is 1. The van der Waals surface area contributed by atoms with Crippen molar-refractivity contribution in [3.05, 3.63) is 47.3 Å². The van der Waals surface area contributed by atoms with Crippen LogP contribution in [0.25, 0.3) is 4.85 Å². The number of carbonyl (C=O) groups excluding carboxylic acids is 1. The molecule has 0 saturated heterocycles. The van der Waals surface area contributed by atoms with Gasteiger partial charge in [-0.2, -0.15) is 0 Å². The van der Waals surface area contributed by atoms with Crippen LogP contribution < -0.4 is 5.32 Å². The molecule has 0 atom stereocenters. The quantitative estimate of drug-likeness (QED) is 0.577. The number of nitrogens with zero attached hydrogens (tertiary/aromatic N) is 1. The molecule has 3 heteroatoms. The molecule has 0 aliphatic carbocycles. The smallest absolute Gasteiger partial charge is 0.248 e. The Morgan fingerprint density at radius 3 is 2.40 bits per heavy atom. The van der Waals surface area contributed by atoms with Crippen LogP contribution in [0.5, 0.6) is 0 Å². The second kappa shape index (κ2) is 4.97. The van der Waals surface area contributed by atoms with E-state index in [9.17, 15) is 4.79 Å². The Kier molecular flexibility index (Phi) is 3.64. The molecule has 0 spiro atoms. The molecule has 0 aromatic heterocycles. The van der Waals surface area contributed by atoms with Crippen LogP contribution in [0.3, 0.4) is 0 Å². The van der Waals surface area contributed by atoms with Gasteiger partial charge in [-0.3, -0.25) is 4.79 Å². The molecule has 0 aliphatic rings. The molecule has 3 nitrogen and oxygen atoms in total. The number of carbonyl (C=O) groups is 1. The fraction of sp³-hybridized carbons (Fsp3) is 0.167. The van der Waals surface area contributed by atoms with Gasteiger partial charge in [-0.15, -0.1) is 0 Å². The molecule has 1 N–H and O–H groups in total. The lowest BCUT2D eigenvalue weighted by molar-refractivity contribution is -0.111. The van der Waals surface area contributed by atoms with Crippen molar-refractivity contribution < 1.29 is 4.79 Å². The molecule has 0 heterocycles. The van der Waals surface area contributed by atoms with E-state index in [-0.39, 0.29) is 5.91 Å². The first kappa shape index (κ1) is 11.0. The van der Waals surface area contributed by atoms with Crippen LogP contribution in [0.2, 0.25) is 0 Å². The summed E-state index contributed by atoms with van der Waals surface area (Å²) in [6.45, 7) is 10.5. The van der Waals surface area contributed by atoms with Gasteiger partial charge < -0.3 is 5.32 Å². The summed E-state index contributed by atoms with van der Waals surface area (Å²) < 4.78 is 0. The Morgan fingerprint density at radius 1 is 1.33 bits per heavy atom. The predicted molar refractivity (Wildman–Crippen MR) is 60.8 cm³/mol. The molecule has 1 aromatic carbocycles. The first-order valence-electron chi connectivity index (χ1n) is 4.55. The largest absolute Gasteiger partial charge is 0.323 e. The highest BCUT2D eigenvalue weighted by Gasteiger charge is 1.98. The Hall–Kier alpha value is -2.08. The lowest BCUT2D eigenvalue weighted by Crippen LogP contribution is -2.07. The summed E-state index contributed by atoms with van der Waals surface area (Å²) >= 11 is 0. The molecule has 0 saturated carbocycles. The second-order valence-electron chi connectivity index (χ2n) is 3.37. The molecule has 1 rings (SSSR count). The molecule has 0 aliphatic heterocycles. The SMILES string of the molecule is [C-]#[N+]c1ccc(NC(=O)C=C(C)C)cc1. The molecule has 0 bridgehead atoms. The van der Waals surface area contributed by atoms with E-state index in [4.69, 9.17) is 6.57 Å². The molecule has 0 unspecified atom stereocenters. The maximum atomic E-state index is 11.3. The average molecular weight is 200 g/mol. The van der Waals surface area contributed by atoms with Crippen LogP contribution in [0.4, 0.5) is 11.4 Å². The summed E-state index contributed by atoms with van der Waals surface area (Å²) in [6.07, 6.45) is 1.53. The van der Waals surface area contributed by atoms with Crippen molar-refractivity contribution in [1.29, 1.82) is 0 Å². The standard InChI is InChI=1S/C12H12N2O/c1-9(2)8-12(15)14-11-6-4-10(13-3)5-7-11/h4-8H,1-2H3,(H,14,15). The number of anilines is 1. The highest BCUT2D eigenvalue weighted by atomic mass is 16.1. The molecule has 0 radical (unpaired) electrons. The van der Waals surface area contributed by atoms with Gasteiger partial charge in [0.25, 0.3) is 0 Å². The molecule has 15 heavy (non-hydrogen) atoms. The highest BCUT2D eigenvalue weighted by Crippen LogP contribution is 2.15. The second-order valence-corrected chi connectivity index (χ2v) is 3.37. The van der Waals surface area contributed by atoms with Gasteiger partial charge in [0.05, 0.1) is 6.57 Å². The third-order valence-corrected chi connectivity index (χ3v) is 1.68. The maximum absolute atomic E-state index is 11.3. The number of hydrogen-bond donors (Lipinski definition) is 1. The van der Waals surface area contributed by atoms with Crippen molar-refractivity contribution in [2.75, 3.05) is 5.32 Å². The zero-order valence-corrected chi connectivity index (χ0v) is 8.74. The fourth-order valence-corrected chi connectivity index (χ4v) is 1.06. The third-order valence-electron chi connectivity index (χ3n) is 1.68. The van der Waals surface area contributed by atoms with Gasteiger partial charge in [0.1, 0.15) is 0 Å². The lowest BCUT2D eigenvalue weighted by atomic mass is 10.2. The van der Waals surface area contributed by atoms with Gasteiger partial charge in [0, 0.05) is 11.8 Å². The molecular formula is C12H12N2O. The van der Waals surface area contributed by atoms with Gasteiger partial charge in [-0.1, -0.05) is 17.7 Å². The monoisotopic (exact) mass is 200 g/mol. The fourth-order valence-electron chi connectivity index (χ4n) is 1.06. The Bertz CT molecular complexity index is 420. The van der Waals surface area contributed by atoms with Crippen molar-refractivity contribution in [2.45, 2.75) is 13.8 Å². The van der Waals surface area contributed by atoms with E-state index < -0.39 is 0 Å². The summed E-state index contributed by atoms with van der Waals surface area (Å²) in [6, 6.07) is 6.77. The molecule has 1 amide bonds. The van der Waals surface area contributed by atoms with Crippen LogP contribution in [-0.4, -0.2) is 5.91 Å². The van der Waals surface area contributed by atoms with Crippen molar-refractivity contribution in [1.82, 2.24) is 0 Å². The summed E-state index contributed by atoms with van der Waals surface area (Å²) in [7, 11) is 0. The zero-order valence-electron chi connectivity index (χ0n) is 8.74. The highest BCUT2D eigenvalue weighted by molar-refractivity contribution is 5.99. The van der Waals surface area contributed by atoms with Gasteiger partial charge >= 0.3 is 0 Å². The number of allylic oxidation sites excluding steroid dienone is 1. The topological polar surface area (TPSA) is 33.5 Å². The minimum atomic E-state index is -0.148. The van der Waals surface area contributed by atoms with Crippen LogP contribution in [0, 0.1) is 6.57 Å². The Balaban J connectivity index is 2.70. The third kappa shape index (κ3) is 3.65. The van der Waals surface area contributed by atoms with E-state index in [1.165, 1.54) is 6.08 Å². The first-order valence-corrected chi connectivity index (χ1v) is 4.55. The predicted octanol–water partition coefficient (Wildman–Crippen LogP) is 3.14. The molecule has 76 valence electrons. The van der Waals surface area contributed by atoms with Crippen LogP contribution >= 0.6 is 0 Å². The van der Waals surface area contributed by atoms with E-state index in [0.29, 0.717) is 11.4 Å². The molecule has 0 fully saturated rings. The molecule has 1 aromatic rings. The van der Waals surface area contributed by atoms with Crippen LogP contribution in [0.1, 0.15) is 13.8 Å². The van der Waals surface area contributed by atoms with Gasteiger partial charge in [0.2, 0.25) is 5.91 Å². The Morgan fingerprint density at radius 2 is 1.93 bits per heavy atom. The Labute approximate surface area is 89.2 Å². The van der Waals surface area contributed by atoms with Crippen molar-refractivity contribution >= 4 is 17.3 Å². The zero-order chi connectivity index (χ0) is 11.3. The number of nitrogens with one attached hydrogen (secondary N) is 1. The first-order chi connectivity index (χ1) is 7.11. The summed E-state index contributed by atoms with van der Waals surface area (Å²) in [5.41, 5.74) is 2.21. The average Bonchev–Trinajstić information content (AvgIpc) is 2.17. The van der Waals surface area contributed by atoms with Crippen molar-refractivity contribution in [3.8, 4) is 0 Å². The van der Waals surface area contributed by atoms with E-state index in [1.54, 1.807) is 24.3 Å². The number of hydrogen-bond acceptors (Lipinski definition) is 1. The number of rotatable bonds is 2. The van der Waals surface area contributed by atoms with Crippen molar-refractivity contribution in [3.63, 3.8) is 0 Å². The van der Waals surface area contributed by atoms with E-state index in [0.717, 1.165) is 5.57 Å². The van der Waals surface area contributed by atoms with E-state index in [1.807, 2.05) is 13.8 Å². The lowest BCUT2D eigenvalue weighted by Gasteiger charge is -2.01. The summed E-state index contributed by atoms with van der Waals surface area (Å²) in [4.78, 5) is 14.6. The van der Waals surface area contributed by atoms with Gasteiger partial charge in [-0.05, 0) is 26.0 Å².